The molecule has 1 aliphatic rings. The molecule has 0 bridgehead atoms. The molecule has 4 nitrogen and oxygen atoms in total. The summed E-state index contributed by atoms with van der Waals surface area (Å²) in [7, 11) is -4.02. The third-order valence-electron chi connectivity index (χ3n) is 3.93. The Kier molecular flexibility index (Phi) is 4.65. The highest BCUT2D eigenvalue weighted by atomic mass is 32.2. The molecule has 1 aromatic carbocycles. The summed E-state index contributed by atoms with van der Waals surface area (Å²) in [6, 6.07) is 1.62. The summed E-state index contributed by atoms with van der Waals surface area (Å²) in [6.07, 6.45) is 0.716. The van der Waals surface area contributed by atoms with E-state index in [-0.39, 0.29) is 24.6 Å². The summed E-state index contributed by atoms with van der Waals surface area (Å²) in [4.78, 5) is -0.507. The first kappa shape index (κ1) is 16.3. The van der Waals surface area contributed by atoms with Gasteiger partial charge in [0.05, 0.1) is 6.10 Å². The number of halogens is 2. The fraction of sp³-hybridized carbons (Fsp3) is 0.571. The van der Waals surface area contributed by atoms with Gasteiger partial charge in [-0.25, -0.2) is 17.2 Å². The molecule has 1 N–H and O–H groups in total. The molecular weight excluding hydrogens is 300 g/mol. The number of hydrogen-bond acceptors (Lipinski definition) is 3. The maximum atomic E-state index is 13.8. The van der Waals surface area contributed by atoms with Crippen molar-refractivity contribution >= 4 is 10.0 Å². The van der Waals surface area contributed by atoms with Gasteiger partial charge in [-0.2, -0.15) is 4.31 Å². The van der Waals surface area contributed by atoms with Crippen LogP contribution in [0.25, 0.3) is 0 Å². The lowest BCUT2D eigenvalue weighted by Gasteiger charge is -2.33. The molecule has 118 valence electrons. The Labute approximate surface area is 123 Å². The Morgan fingerprint density at radius 1 is 1.33 bits per heavy atom. The van der Waals surface area contributed by atoms with Gasteiger partial charge >= 0.3 is 0 Å². The highest BCUT2D eigenvalue weighted by molar-refractivity contribution is 7.89. The molecular formula is C14H19F2NO3S. The zero-order valence-electron chi connectivity index (χ0n) is 12.0. The Bertz CT molecular complexity index is 631. The third kappa shape index (κ3) is 3.25. The standard InChI is InChI=1S/C14H19F2NO3S/c1-9-6-14(13(16)7-12(9)15)21(19,20)17-5-3-4-11(8-17)10(2)18/h6-7,10-11,18H,3-5,8H2,1-2H3. The van der Waals surface area contributed by atoms with Crippen LogP contribution in [-0.2, 0) is 10.0 Å². The van der Waals surface area contributed by atoms with Gasteiger partial charge in [0.2, 0.25) is 10.0 Å². The van der Waals surface area contributed by atoms with E-state index in [2.05, 4.69) is 0 Å². The molecule has 0 aromatic heterocycles. The monoisotopic (exact) mass is 319 g/mol. The molecule has 0 aliphatic carbocycles. The second-order valence-electron chi connectivity index (χ2n) is 5.54. The zero-order valence-corrected chi connectivity index (χ0v) is 12.8. The van der Waals surface area contributed by atoms with E-state index in [1.807, 2.05) is 0 Å². The van der Waals surface area contributed by atoms with E-state index in [0.717, 1.165) is 12.5 Å². The minimum atomic E-state index is -4.02. The van der Waals surface area contributed by atoms with Crippen molar-refractivity contribution in [3.8, 4) is 0 Å². The number of hydrogen-bond donors (Lipinski definition) is 1. The van der Waals surface area contributed by atoms with Crippen molar-refractivity contribution in [2.24, 2.45) is 5.92 Å². The molecule has 1 aromatic rings. The predicted octanol–water partition coefficient (Wildman–Crippen LogP) is 2.05. The first-order chi connectivity index (χ1) is 9.73. The lowest BCUT2D eigenvalue weighted by molar-refractivity contribution is 0.0885. The lowest BCUT2D eigenvalue weighted by Crippen LogP contribution is -2.43. The number of aliphatic hydroxyl groups is 1. The number of rotatable bonds is 3. The van der Waals surface area contributed by atoms with Gasteiger partial charge in [-0.1, -0.05) is 0 Å². The number of nitrogens with zero attached hydrogens (tertiary/aromatic N) is 1. The van der Waals surface area contributed by atoms with Crippen LogP contribution in [-0.4, -0.2) is 37.0 Å². The molecule has 21 heavy (non-hydrogen) atoms. The summed E-state index contributed by atoms with van der Waals surface area (Å²) in [6.45, 7) is 3.43. The van der Waals surface area contributed by atoms with E-state index in [4.69, 9.17) is 0 Å². The van der Waals surface area contributed by atoms with Crippen LogP contribution in [0.1, 0.15) is 25.3 Å². The van der Waals surface area contributed by atoms with Crippen molar-refractivity contribution in [1.29, 1.82) is 0 Å². The van der Waals surface area contributed by atoms with E-state index in [1.54, 1.807) is 6.92 Å². The third-order valence-corrected chi connectivity index (χ3v) is 5.81. The summed E-state index contributed by atoms with van der Waals surface area (Å²) in [5.41, 5.74) is 0.0825. The Hall–Kier alpha value is -1.05. The van der Waals surface area contributed by atoms with Gasteiger partial charge in [0, 0.05) is 19.2 Å². The molecule has 7 heteroatoms. The molecule has 2 rings (SSSR count). The first-order valence-electron chi connectivity index (χ1n) is 6.87. The fourth-order valence-electron chi connectivity index (χ4n) is 2.55. The molecule has 1 saturated heterocycles. The van der Waals surface area contributed by atoms with Crippen LogP contribution in [0.3, 0.4) is 0 Å². The average molecular weight is 319 g/mol. The molecule has 0 radical (unpaired) electrons. The summed E-state index contributed by atoms with van der Waals surface area (Å²) >= 11 is 0. The molecule has 2 unspecified atom stereocenters. The van der Waals surface area contributed by atoms with Crippen molar-refractivity contribution in [3.63, 3.8) is 0 Å². The van der Waals surface area contributed by atoms with Gasteiger partial charge in [0.1, 0.15) is 16.5 Å². The maximum Gasteiger partial charge on any atom is 0.246 e. The van der Waals surface area contributed by atoms with Crippen molar-refractivity contribution in [1.82, 2.24) is 4.31 Å². The Balaban J connectivity index is 2.36. The van der Waals surface area contributed by atoms with Crippen molar-refractivity contribution in [2.75, 3.05) is 13.1 Å². The Morgan fingerprint density at radius 2 is 2.00 bits per heavy atom. The zero-order chi connectivity index (χ0) is 15.8. The quantitative estimate of drug-likeness (QED) is 0.928. The second-order valence-corrected chi connectivity index (χ2v) is 7.44. The van der Waals surface area contributed by atoms with E-state index in [1.165, 1.54) is 11.2 Å². The number of aliphatic hydroxyl groups excluding tert-OH is 1. The van der Waals surface area contributed by atoms with Crippen LogP contribution in [0.5, 0.6) is 0 Å². The normalized spacial score (nSPS) is 22.2. The van der Waals surface area contributed by atoms with Crippen LogP contribution in [0.4, 0.5) is 8.78 Å². The predicted molar refractivity (Wildman–Crippen MR) is 74.3 cm³/mol. The van der Waals surface area contributed by atoms with Crippen LogP contribution < -0.4 is 0 Å². The Morgan fingerprint density at radius 3 is 2.62 bits per heavy atom. The van der Waals surface area contributed by atoms with Crippen LogP contribution in [0, 0.1) is 24.5 Å². The minimum Gasteiger partial charge on any atom is -0.393 e. The highest BCUT2D eigenvalue weighted by Gasteiger charge is 2.33. The molecule has 0 amide bonds. The molecule has 0 spiro atoms. The summed E-state index contributed by atoms with van der Waals surface area (Å²) in [5.74, 6) is -2.03. The molecule has 1 heterocycles. The van der Waals surface area contributed by atoms with Crippen molar-refractivity contribution < 1.29 is 22.3 Å². The average Bonchev–Trinajstić information content (AvgIpc) is 2.42. The van der Waals surface area contributed by atoms with Crippen molar-refractivity contribution in [2.45, 2.75) is 37.7 Å². The highest BCUT2D eigenvalue weighted by Crippen LogP contribution is 2.28. The number of aryl methyl sites for hydroxylation is 1. The topological polar surface area (TPSA) is 57.6 Å². The number of benzene rings is 1. The largest absolute Gasteiger partial charge is 0.393 e. The summed E-state index contributed by atoms with van der Waals surface area (Å²) in [5, 5.41) is 9.62. The van der Waals surface area contributed by atoms with E-state index >= 15 is 0 Å². The van der Waals surface area contributed by atoms with Gasteiger partial charge in [0.15, 0.2) is 0 Å². The van der Waals surface area contributed by atoms with Crippen LogP contribution in [0.15, 0.2) is 17.0 Å². The molecule has 1 aliphatic heterocycles. The van der Waals surface area contributed by atoms with E-state index < -0.39 is 32.7 Å². The van der Waals surface area contributed by atoms with Crippen molar-refractivity contribution in [3.05, 3.63) is 29.3 Å². The van der Waals surface area contributed by atoms with Gasteiger partial charge in [-0.15, -0.1) is 0 Å². The number of piperidine rings is 1. The SMILES string of the molecule is Cc1cc(S(=O)(=O)N2CCCC(C(C)O)C2)c(F)cc1F. The fourth-order valence-corrected chi connectivity index (χ4v) is 4.22. The second kappa shape index (κ2) is 5.98. The molecule has 0 saturated carbocycles. The smallest absolute Gasteiger partial charge is 0.246 e. The van der Waals surface area contributed by atoms with Crippen LogP contribution >= 0.6 is 0 Å². The molecule has 2 atom stereocenters. The maximum absolute atomic E-state index is 13.8. The number of sulfonamides is 1. The van der Waals surface area contributed by atoms with Gasteiger partial charge in [-0.05, 0) is 44.2 Å². The van der Waals surface area contributed by atoms with Gasteiger partial charge in [-0.3, -0.25) is 0 Å². The van der Waals surface area contributed by atoms with Crippen LogP contribution in [0.2, 0.25) is 0 Å². The molecule has 1 fully saturated rings. The minimum absolute atomic E-state index is 0.0825. The van der Waals surface area contributed by atoms with Gasteiger partial charge < -0.3 is 5.11 Å². The lowest BCUT2D eigenvalue weighted by atomic mass is 9.95. The van der Waals surface area contributed by atoms with E-state index in [9.17, 15) is 22.3 Å². The van der Waals surface area contributed by atoms with E-state index in [0.29, 0.717) is 12.5 Å². The summed E-state index contributed by atoms with van der Waals surface area (Å²) < 4.78 is 53.3. The first-order valence-corrected chi connectivity index (χ1v) is 8.31. The van der Waals surface area contributed by atoms with Gasteiger partial charge in [0.25, 0.3) is 0 Å².